The first-order valence-electron chi connectivity index (χ1n) is 8.23. The van der Waals surface area contributed by atoms with Crippen LogP contribution in [0, 0.1) is 0 Å². The zero-order chi connectivity index (χ0) is 19.4. The largest absolute Gasteiger partial charge is 0.493 e. The number of cyclic esters (lactones) is 1. The predicted octanol–water partition coefficient (Wildman–Crippen LogP) is 4.10. The van der Waals surface area contributed by atoms with Crippen LogP contribution < -0.4 is 14.2 Å². The number of carbonyl (C=O) groups is 1. The SMILES string of the molecule is CCOc1ccccc1C1=N/C(=C\c2cc(Cl)c(OC)c(OC)c2)C(=O)O1. The van der Waals surface area contributed by atoms with Gasteiger partial charge in [0.2, 0.25) is 5.90 Å². The molecular weight excluding hydrogens is 370 g/mol. The first-order valence-corrected chi connectivity index (χ1v) is 8.61. The number of para-hydroxylation sites is 1. The summed E-state index contributed by atoms with van der Waals surface area (Å²) in [6, 6.07) is 10.6. The number of benzene rings is 2. The Bertz CT molecular complexity index is 936. The van der Waals surface area contributed by atoms with Gasteiger partial charge in [-0.25, -0.2) is 9.79 Å². The number of hydrogen-bond acceptors (Lipinski definition) is 6. The molecule has 0 N–H and O–H groups in total. The molecule has 0 unspecified atom stereocenters. The number of ether oxygens (including phenoxy) is 4. The summed E-state index contributed by atoms with van der Waals surface area (Å²) < 4.78 is 21.4. The lowest BCUT2D eigenvalue weighted by atomic mass is 10.1. The molecule has 0 fully saturated rings. The van der Waals surface area contributed by atoms with Gasteiger partial charge in [0.25, 0.3) is 0 Å². The second-order valence-corrected chi connectivity index (χ2v) is 5.91. The lowest BCUT2D eigenvalue weighted by Gasteiger charge is -2.10. The molecule has 1 aliphatic rings. The third kappa shape index (κ3) is 3.90. The van der Waals surface area contributed by atoms with E-state index in [1.54, 1.807) is 30.3 Å². The van der Waals surface area contributed by atoms with E-state index in [1.807, 2.05) is 19.1 Å². The number of halogens is 1. The van der Waals surface area contributed by atoms with Crippen molar-refractivity contribution in [3.63, 3.8) is 0 Å². The molecule has 2 aromatic carbocycles. The molecule has 0 saturated carbocycles. The van der Waals surface area contributed by atoms with Gasteiger partial charge in [0.15, 0.2) is 17.2 Å². The van der Waals surface area contributed by atoms with Crippen molar-refractivity contribution in [1.82, 2.24) is 0 Å². The van der Waals surface area contributed by atoms with Crippen molar-refractivity contribution < 1.29 is 23.7 Å². The number of carbonyl (C=O) groups excluding carboxylic acids is 1. The summed E-state index contributed by atoms with van der Waals surface area (Å²) in [6.45, 7) is 2.37. The van der Waals surface area contributed by atoms with Gasteiger partial charge in [-0.2, -0.15) is 0 Å². The monoisotopic (exact) mass is 387 g/mol. The molecule has 0 aliphatic carbocycles. The Kier molecular flexibility index (Phi) is 5.66. The zero-order valence-corrected chi connectivity index (χ0v) is 15.9. The summed E-state index contributed by atoms with van der Waals surface area (Å²) in [7, 11) is 3.01. The summed E-state index contributed by atoms with van der Waals surface area (Å²) in [6.07, 6.45) is 1.58. The van der Waals surface area contributed by atoms with Gasteiger partial charge in [-0.05, 0) is 42.8 Å². The number of rotatable bonds is 6. The topological polar surface area (TPSA) is 66.3 Å². The van der Waals surface area contributed by atoms with Crippen molar-refractivity contribution in [3.8, 4) is 17.2 Å². The Morgan fingerprint density at radius 1 is 1.15 bits per heavy atom. The smallest absolute Gasteiger partial charge is 0.363 e. The summed E-state index contributed by atoms with van der Waals surface area (Å²) in [5.74, 6) is 1.12. The van der Waals surface area contributed by atoms with Crippen LogP contribution >= 0.6 is 11.6 Å². The maximum Gasteiger partial charge on any atom is 0.363 e. The van der Waals surface area contributed by atoms with Crippen LogP contribution in [0.4, 0.5) is 0 Å². The lowest BCUT2D eigenvalue weighted by molar-refractivity contribution is -0.129. The molecule has 1 aliphatic heterocycles. The molecule has 0 aromatic heterocycles. The highest BCUT2D eigenvalue weighted by Crippen LogP contribution is 2.37. The van der Waals surface area contributed by atoms with Gasteiger partial charge in [0, 0.05) is 0 Å². The standard InChI is InChI=1S/C20H18ClNO5/c1-4-26-16-8-6-5-7-13(16)19-22-15(20(23)27-19)10-12-9-14(21)18(25-3)17(11-12)24-2/h5-11H,4H2,1-3H3/b15-10-. The number of hydrogen-bond donors (Lipinski definition) is 0. The van der Waals surface area contributed by atoms with Crippen LogP contribution in [0.25, 0.3) is 6.08 Å². The Morgan fingerprint density at radius 2 is 1.93 bits per heavy atom. The highest BCUT2D eigenvalue weighted by molar-refractivity contribution is 6.32. The molecule has 140 valence electrons. The molecule has 0 atom stereocenters. The highest BCUT2D eigenvalue weighted by atomic mass is 35.5. The van der Waals surface area contributed by atoms with Gasteiger partial charge < -0.3 is 18.9 Å². The van der Waals surface area contributed by atoms with Gasteiger partial charge in [0.1, 0.15) is 5.75 Å². The average Bonchev–Trinajstić information content (AvgIpc) is 3.02. The summed E-state index contributed by atoms with van der Waals surface area (Å²) in [4.78, 5) is 16.6. The summed E-state index contributed by atoms with van der Waals surface area (Å²) in [5.41, 5.74) is 1.40. The summed E-state index contributed by atoms with van der Waals surface area (Å²) in [5, 5.41) is 0.362. The number of methoxy groups -OCH3 is 2. The minimum Gasteiger partial charge on any atom is -0.493 e. The van der Waals surface area contributed by atoms with E-state index >= 15 is 0 Å². The molecule has 0 spiro atoms. The molecule has 3 rings (SSSR count). The molecule has 27 heavy (non-hydrogen) atoms. The minimum atomic E-state index is -0.554. The second-order valence-electron chi connectivity index (χ2n) is 5.50. The Labute approximate surface area is 162 Å². The Balaban J connectivity index is 1.99. The lowest BCUT2D eigenvalue weighted by Crippen LogP contribution is -2.07. The van der Waals surface area contributed by atoms with E-state index in [2.05, 4.69) is 4.99 Å². The summed E-state index contributed by atoms with van der Waals surface area (Å²) >= 11 is 6.21. The second kappa shape index (κ2) is 8.14. The van der Waals surface area contributed by atoms with Gasteiger partial charge in [-0.3, -0.25) is 0 Å². The molecule has 1 heterocycles. The van der Waals surface area contributed by atoms with E-state index in [9.17, 15) is 4.79 Å². The first-order chi connectivity index (χ1) is 13.1. The van der Waals surface area contributed by atoms with Crippen molar-refractivity contribution >= 4 is 29.5 Å². The first kappa shape index (κ1) is 18.8. The maximum atomic E-state index is 12.3. The van der Waals surface area contributed by atoms with Crippen molar-refractivity contribution in [1.29, 1.82) is 0 Å². The van der Waals surface area contributed by atoms with Crippen LogP contribution in [-0.2, 0) is 9.53 Å². The molecule has 0 bridgehead atoms. The predicted molar refractivity (Wildman–Crippen MR) is 103 cm³/mol. The minimum absolute atomic E-state index is 0.152. The quantitative estimate of drug-likeness (QED) is 0.551. The van der Waals surface area contributed by atoms with E-state index in [-0.39, 0.29) is 11.6 Å². The Morgan fingerprint density at radius 3 is 2.63 bits per heavy atom. The zero-order valence-electron chi connectivity index (χ0n) is 15.1. The average molecular weight is 388 g/mol. The van der Waals surface area contributed by atoms with Crippen molar-refractivity contribution in [2.45, 2.75) is 6.92 Å². The number of esters is 1. The van der Waals surface area contributed by atoms with Crippen LogP contribution in [0.3, 0.4) is 0 Å². The van der Waals surface area contributed by atoms with Gasteiger partial charge in [-0.1, -0.05) is 23.7 Å². The normalized spacial score (nSPS) is 14.7. The van der Waals surface area contributed by atoms with Crippen molar-refractivity contribution in [3.05, 3.63) is 58.2 Å². The molecule has 0 saturated heterocycles. The van der Waals surface area contributed by atoms with E-state index in [1.165, 1.54) is 14.2 Å². The van der Waals surface area contributed by atoms with Crippen molar-refractivity contribution in [2.75, 3.05) is 20.8 Å². The van der Waals surface area contributed by atoms with Crippen LogP contribution in [-0.4, -0.2) is 32.7 Å². The fraction of sp³-hybridized carbons (Fsp3) is 0.200. The van der Waals surface area contributed by atoms with E-state index in [4.69, 9.17) is 30.5 Å². The third-order valence-corrected chi connectivity index (χ3v) is 4.08. The van der Waals surface area contributed by atoms with Crippen LogP contribution in [0.2, 0.25) is 5.02 Å². The molecule has 0 radical (unpaired) electrons. The highest BCUT2D eigenvalue weighted by Gasteiger charge is 2.26. The van der Waals surface area contributed by atoms with Crippen molar-refractivity contribution in [2.24, 2.45) is 4.99 Å². The third-order valence-electron chi connectivity index (χ3n) is 3.80. The van der Waals surface area contributed by atoms with Crippen LogP contribution in [0.5, 0.6) is 17.2 Å². The maximum absolute atomic E-state index is 12.3. The van der Waals surface area contributed by atoms with E-state index in [0.29, 0.717) is 40.0 Å². The van der Waals surface area contributed by atoms with Gasteiger partial charge >= 0.3 is 5.97 Å². The molecule has 7 heteroatoms. The molecule has 0 amide bonds. The fourth-order valence-electron chi connectivity index (χ4n) is 2.63. The van der Waals surface area contributed by atoms with E-state index in [0.717, 1.165) is 0 Å². The molecule has 2 aromatic rings. The molecular formula is C20H18ClNO5. The van der Waals surface area contributed by atoms with Gasteiger partial charge in [-0.15, -0.1) is 0 Å². The van der Waals surface area contributed by atoms with Crippen LogP contribution in [0.15, 0.2) is 47.1 Å². The van der Waals surface area contributed by atoms with Gasteiger partial charge in [0.05, 0.1) is 31.4 Å². The number of aliphatic imine (C=N–C) groups is 1. The fourth-order valence-corrected chi connectivity index (χ4v) is 2.92. The molecule has 6 nitrogen and oxygen atoms in total. The number of nitrogens with zero attached hydrogens (tertiary/aromatic N) is 1. The Hall–Kier alpha value is -2.99. The van der Waals surface area contributed by atoms with E-state index < -0.39 is 5.97 Å². The van der Waals surface area contributed by atoms with Crippen LogP contribution in [0.1, 0.15) is 18.1 Å².